The maximum Gasteiger partial charge on any atom is 0.509 e. The molecule has 6 atom stereocenters. The van der Waals surface area contributed by atoms with Crippen LogP contribution in [0.2, 0.25) is 0 Å². The number of hydrogen-bond acceptors (Lipinski definition) is 4. The van der Waals surface area contributed by atoms with E-state index >= 15 is 0 Å². The Kier molecular flexibility index (Phi) is 3.05. The van der Waals surface area contributed by atoms with Crippen LogP contribution in [0.15, 0.2) is 12.2 Å². The summed E-state index contributed by atoms with van der Waals surface area (Å²) >= 11 is 0. The molecular weight excluding hydrogens is 292 g/mol. The Morgan fingerprint density at radius 1 is 1.13 bits per heavy atom. The van der Waals surface area contributed by atoms with E-state index in [2.05, 4.69) is 27.4 Å². The maximum atomic E-state index is 12.1. The van der Waals surface area contributed by atoms with Crippen LogP contribution < -0.4 is 0 Å². The molecule has 5 fully saturated rings. The van der Waals surface area contributed by atoms with Gasteiger partial charge in [0.15, 0.2) is 5.60 Å². The summed E-state index contributed by atoms with van der Waals surface area (Å²) in [6.45, 7) is 10.8. The Balaban J connectivity index is 1.91. The number of fused-ring (bicyclic) bond motifs is 2. The Morgan fingerprint density at radius 2 is 1.78 bits per heavy atom. The lowest BCUT2D eigenvalue weighted by Crippen LogP contribution is -2.66. The fourth-order valence-electron chi connectivity index (χ4n) is 6.17. The number of rotatable bonds is 0. The molecule has 0 unspecified atom stereocenters. The van der Waals surface area contributed by atoms with Gasteiger partial charge in [0.1, 0.15) is 6.10 Å². The SMILES string of the molecule is C=C1C(C)(C)[C@@]23CC[C@]1(C)[C@H](O)[C@@H]1CCCC[C@H]1[C@@H]2OC(=O)O3. The molecule has 4 heteroatoms. The standard InChI is InChI=1S/C19H28O4/c1-11-17(2,3)19-10-9-18(11,4)14(20)12-7-5-6-8-13(12)15(19)22-16(21)23-19/h12-15,20H,1,5-10H2,2-4H3/t12-,13-,14-,15+,18+,19-/m1/s1. The fourth-order valence-corrected chi connectivity index (χ4v) is 6.17. The first-order chi connectivity index (χ1) is 10.7. The van der Waals surface area contributed by atoms with Crippen LogP contribution in [0.4, 0.5) is 4.79 Å². The second kappa shape index (κ2) is 4.53. The van der Waals surface area contributed by atoms with Crippen LogP contribution in [0, 0.1) is 22.7 Å². The van der Waals surface area contributed by atoms with Gasteiger partial charge in [0.2, 0.25) is 0 Å². The van der Waals surface area contributed by atoms with Crippen molar-refractivity contribution in [3.8, 4) is 0 Å². The van der Waals surface area contributed by atoms with Crippen molar-refractivity contribution in [3.05, 3.63) is 12.2 Å². The van der Waals surface area contributed by atoms with Crippen LogP contribution in [0.25, 0.3) is 0 Å². The Hall–Kier alpha value is -1.03. The number of hydrogen-bond donors (Lipinski definition) is 1. The van der Waals surface area contributed by atoms with E-state index < -0.39 is 23.3 Å². The van der Waals surface area contributed by atoms with E-state index in [-0.39, 0.29) is 23.4 Å². The van der Waals surface area contributed by atoms with Crippen LogP contribution in [0.3, 0.4) is 0 Å². The average molecular weight is 320 g/mol. The van der Waals surface area contributed by atoms with E-state index in [0.717, 1.165) is 44.1 Å². The van der Waals surface area contributed by atoms with E-state index in [1.807, 2.05) is 0 Å². The number of carbonyl (C=O) groups excluding carboxylic acids is 1. The maximum absolute atomic E-state index is 12.1. The minimum atomic E-state index is -0.624. The quantitative estimate of drug-likeness (QED) is 0.544. The second-order valence-corrected chi connectivity index (χ2v) is 8.86. The highest BCUT2D eigenvalue weighted by atomic mass is 16.8. The van der Waals surface area contributed by atoms with E-state index in [4.69, 9.17) is 9.47 Å². The molecule has 0 aromatic carbocycles. The molecule has 1 spiro atoms. The van der Waals surface area contributed by atoms with Crippen molar-refractivity contribution in [2.45, 2.75) is 77.1 Å². The second-order valence-electron chi connectivity index (χ2n) is 8.86. The Labute approximate surface area is 138 Å². The number of carbonyl (C=O) groups is 1. The molecule has 0 radical (unpaired) electrons. The van der Waals surface area contributed by atoms with Crippen molar-refractivity contribution in [2.24, 2.45) is 22.7 Å². The summed E-state index contributed by atoms with van der Waals surface area (Å²) in [5, 5.41) is 11.3. The third-order valence-corrected chi connectivity index (χ3v) is 7.79. The topological polar surface area (TPSA) is 55.8 Å². The third-order valence-electron chi connectivity index (χ3n) is 7.79. The van der Waals surface area contributed by atoms with Crippen LogP contribution in [0.1, 0.15) is 59.3 Å². The average Bonchev–Trinajstić information content (AvgIpc) is 2.87. The molecule has 1 heterocycles. The molecule has 4 saturated carbocycles. The minimum Gasteiger partial charge on any atom is -0.426 e. The zero-order valence-corrected chi connectivity index (χ0v) is 14.4. The molecule has 5 aliphatic rings. The lowest BCUT2D eigenvalue weighted by molar-refractivity contribution is -0.176. The molecule has 0 amide bonds. The Morgan fingerprint density at radius 3 is 2.48 bits per heavy atom. The van der Waals surface area contributed by atoms with Crippen molar-refractivity contribution in [2.75, 3.05) is 0 Å². The van der Waals surface area contributed by atoms with E-state index in [1.54, 1.807) is 0 Å². The molecule has 1 saturated heterocycles. The summed E-state index contributed by atoms with van der Waals surface area (Å²) in [4.78, 5) is 12.1. The van der Waals surface area contributed by atoms with Crippen LogP contribution >= 0.6 is 0 Å². The first-order valence-electron chi connectivity index (χ1n) is 9.01. The summed E-state index contributed by atoms with van der Waals surface area (Å²) in [5.41, 5.74) is -0.327. The molecule has 4 aliphatic carbocycles. The monoisotopic (exact) mass is 320 g/mol. The van der Waals surface area contributed by atoms with Gasteiger partial charge in [-0.15, -0.1) is 0 Å². The summed E-state index contributed by atoms with van der Waals surface area (Å²) < 4.78 is 11.6. The molecule has 2 bridgehead atoms. The molecular formula is C19H28O4. The molecule has 4 nitrogen and oxygen atoms in total. The van der Waals surface area contributed by atoms with Crippen LogP contribution in [-0.2, 0) is 9.47 Å². The zero-order chi connectivity index (χ0) is 16.6. The third kappa shape index (κ3) is 1.68. The van der Waals surface area contributed by atoms with Gasteiger partial charge in [-0.3, -0.25) is 0 Å². The van der Waals surface area contributed by atoms with Crippen molar-refractivity contribution in [1.29, 1.82) is 0 Å². The van der Waals surface area contributed by atoms with Crippen molar-refractivity contribution in [3.63, 3.8) is 0 Å². The van der Waals surface area contributed by atoms with Gasteiger partial charge in [-0.05, 0) is 31.6 Å². The van der Waals surface area contributed by atoms with E-state index in [0.29, 0.717) is 0 Å². The molecule has 1 N–H and O–H groups in total. The van der Waals surface area contributed by atoms with Crippen molar-refractivity contribution >= 4 is 6.16 Å². The highest BCUT2D eigenvalue weighted by Gasteiger charge is 2.71. The first kappa shape index (κ1) is 15.5. The molecule has 5 rings (SSSR count). The lowest BCUT2D eigenvalue weighted by atomic mass is 9.45. The molecule has 0 aromatic heterocycles. The normalized spacial score (nSPS) is 51.1. The van der Waals surface area contributed by atoms with Gasteiger partial charge in [-0.25, -0.2) is 4.79 Å². The highest BCUT2D eigenvalue weighted by molar-refractivity contribution is 5.64. The van der Waals surface area contributed by atoms with Crippen LogP contribution in [0.5, 0.6) is 0 Å². The summed E-state index contributed by atoms with van der Waals surface area (Å²) in [6.07, 6.45) is 4.60. The summed E-state index contributed by atoms with van der Waals surface area (Å²) in [5.74, 6) is 0.359. The Bertz CT molecular complexity index is 568. The summed E-state index contributed by atoms with van der Waals surface area (Å²) in [7, 11) is 0. The predicted octanol–water partition coefficient (Wildman–Crippen LogP) is 3.82. The van der Waals surface area contributed by atoms with Crippen LogP contribution in [-0.4, -0.2) is 29.1 Å². The summed E-state index contributed by atoms with van der Waals surface area (Å²) in [6, 6.07) is 0. The lowest BCUT2D eigenvalue weighted by Gasteiger charge is -2.62. The highest BCUT2D eigenvalue weighted by Crippen LogP contribution is 2.66. The molecule has 23 heavy (non-hydrogen) atoms. The van der Waals surface area contributed by atoms with Gasteiger partial charge in [-0.1, -0.05) is 45.8 Å². The van der Waals surface area contributed by atoms with Gasteiger partial charge in [0.25, 0.3) is 0 Å². The molecule has 1 aliphatic heterocycles. The largest absolute Gasteiger partial charge is 0.509 e. The minimum absolute atomic E-state index is 0.167. The van der Waals surface area contributed by atoms with Gasteiger partial charge < -0.3 is 14.6 Å². The van der Waals surface area contributed by atoms with Crippen molar-refractivity contribution in [1.82, 2.24) is 0 Å². The van der Waals surface area contributed by atoms with Gasteiger partial charge in [0.05, 0.1) is 6.10 Å². The van der Waals surface area contributed by atoms with Crippen molar-refractivity contribution < 1.29 is 19.4 Å². The number of aliphatic hydroxyl groups is 1. The molecule has 128 valence electrons. The smallest absolute Gasteiger partial charge is 0.426 e. The van der Waals surface area contributed by atoms with Gasteiger partial charge in [-0.2, -0.15) is 0 Å². The van der Waals surface area contributed by atoms with E-state index in [9.17, 15) is 9.90 Å². The number of aliphatic hydroxyl groups excluding tert-OH is 1. The van der Waals surface area contributed by atoms with Gasteiger partial charge >= 0.3 is 6.16 Å². The fraction of sp³-hybridized carbons (Fsp3) is 0.842. The first-order valence-corrected chi connectivity index (χ1v) is 9.01. The predicted molar refractivity (Wildman–Crippen MR) is 85.8 cm³/mol. The molecule has 0 aromatic rings. The van der Waals surface area contributed by atoms with E-state index in [1.165, 1.54) is 0 Å². The van der Waals surface area contributed by atoms with Gasteiger partial charge in [0, 0.05) is 16.7 Å². The zero-order valence-electron chi connectivity index (χ0n) is 14.4. The number of ether oxygens (including phenoxy) is 2.